The van der Waals surface area contributed by atoms with Gasteiger partial charge in [0.2, 0.25) is 0 Å². The molecule has 3 N–H and O–H groups in total. The largest absolute Gasteiger partial charge is 0.507 e. The van der Waals surface area contributed by atoms with Gasteiger partial charge < -0.3 is 15.3 Å². The molecule has 0 fully saturated rings. The maximum atomic E-state index is 11.9. The van der Waals surface area contributed by atoms with Crippen molar-refractivity contribution in [2.75, 3.05) is 0 Å². The van der Waals surface area contributed by atoms with Crippen molar-refractivity contribution in [1.29, 1.82) is 0 Å². The van der Waals surface area contributed by atoms with Crippen molar-refractivity contribution in [3.63, 3.8) is 0 Å². The SMILES string of the molecule is CC(=O)c1c(O)ccc(C(=O)CC(C)(C)O)c1O. The lowest BCUT2D eigenvalue weighted by atomic mass is 9.94. The Hall–Kier alpha value is -1.88. The molecule has 0 unspecified atom stereocenters. The third-order valence-electron chi connectivity index (χ3n) is 2.40. The van der Waals surface area contributed by atoms with Crippen LogP contribution in [0.4, 0.5) is 0 Å². The summed E-state index contributed by atoms with van der Waals surface area (Å²) in [5, 5.41) is 28.8. The second-order valence-electron chi connectivity index (χ2n) is 4.82. The van der Waals surface area contributed by atoms with Crippen molar-refractivity contribution in [3.8, 4) is 11.5 Å². The van der Waals surface area contributed by atoms with Crippen LogP contribution in [0.1, 0.15) is 47.9 Å². The van der Waals surface area contributed by atoms with Gasteiger partial charge in [0.1, 0.15) is 17.1 Å². The molecule has 0 saturated heterocycles. The number of phenols is 2. The Bertz CT molecular complexity index is 497. The molecule has 5 heteroatoms. The molecule has 0 atom stereocenters. The highest BCUT2D eigenvalue weighted by atomic mass is 16.3. The molecule has 5 nitrogen and oxygen atoms in total. The number of carbonyl (C=O) groups excluding carboxylic acids is 2. The van der Waals surface area contributed by atoms with Gasteiger partial charge in [-0.25, -0.2) is 0 Å². The Labute approximate surface area is 105 Å². The molecule has 0 aromatic heterocycles. The first-order valence-corrected chi connectivity index (χ1v) is 5.45. The van der Waals surface area contributed by atoms with Crippen LogP contribution in [-0.4, -0.2) is 32.5 Å². The van der Waals surface area contributed by atoms with Crippen LogP contribution in [0, 0.1) is 0 Å². The van der Waals surface area contributed by atoms with E-state index >= 15 is 0 Å². The van der Waals surface area contributed by atoms with E-state index in [1.807, 2.05) is 0 Å². The van der Waals surface area contributed by atoms with Crippen LogP contribution in [0.25, 0.3) is 0 Å². The molecular weight excluding hydrogens is 236 g/mol. The third-order valence-corrected chi connectivity index (χ3v) is 2.40. The van der Waals surface area contributed by atoms with Gasteiger partial charge in [0, 0.05) is 6.42 Å². The molecule has 98 valence electrons. The summed E-state index contributed by atoms with van der Waals surface area (Å²) < 4.78 is 0. The topological polar surface area (TPSA) is 94.8 Å². The molecule has 0 aliphatic heterocycles. The minimum Gasteiger partial charge on any atom is -0.507 e. The van der Waals surface area contributed by atoms with Crippen molar-refractivity contribution in [2.45, 2.75) is 32.8 Å². The molecule has 0 aliphatic carbocycles. The maximum Gasteiger partial charge on any atom is 0.169 e. The molecular formula is C13H16O5. The van der Waals surface area contributed by atoms with E-state index in [0.29, 0.717) is 0 Å². The van der Waals surface area contributed by atoms with Crippen LogP contribution in [0.5, 0.6) is 11.5 Å². The number of phenolic OH excluding ortho intramolecular Hbond substituents is 2. The monoisotopic (exact) mass is 252 g/mol. The highest BCUT2D eigenvalue weighted by Crippen LogP contribution is 2.32. The van der Waals surface area contributed by atoms with E-state index in [2.05, 4.69) is 0 Å². The summed E-state index contributed by atoms with van der Waals surface area (Å²) in [6.07, 6.45) is -0.192. The Morgan fingerprint density at radius 1 is 1.22 bits per heavy atom. The van der Waals surface area contributed by atoms with Crippen molar-refractivity contribution in [1.82, 2.24) is 0 Å². The zero-order valence-electron chi connectivity index (χ0n) is 10.5. The summed E-state index contributed by atoms with van der Waals surface area (Å²) in [5.74, 6) is -1.96. The number of Topliss-reactive ketones (excluding diaryl/α,β-unsaturated/α-hetero) is 2. The number of rotatable bonds is 4. The first-order valence-electron chi connectivity index (χ1n) is 5.45. The van der Waals surface area contributed by atoms with Gasteiger partial charge in [-0.15, -0.1) is 0 Å². The van der Waals surface area contributed by atoms with Gasteiger partial charge in [-0.2, -0.15) is 0 Å². The number of ketones is 2. The van der Waals surface area contributed by atoms with Gasteiger partial charge in [0.15, 0.2) is 11.6 Å². The number of carbonyl (C=O) groups is 2. The molecule has 0 bridgehead atoms. The Morgan fingerprint density at radius 2 is 1.78 bits per heavy atom. The lowest BCUT2D eigenvalue weighted by Gasteiger charge is -2.16. The molecule has 0 amide bonds. The van der Waals surface area contributed by atoms with Gasteiger partial charge in [-0.3, -0.25) is 9.59 Å². The molecule has 0 aliphatic rings. The van der Waals surface area contributed by atoms with Crippen LogP contribution in [0.3, 0.4) is 0 Å². The summed E-state index contributed by atoms with van der Waals surface area (Å²) in [7, 11) is 0. The van der Waals surface area contributed by atoms with E-state index in [0.717, 1.165) is 0 Å². The number of aromatic hydroxyl groups is 2. The molecule has 1 aromatic rings. The summed E-state index contributed by atoms with van der Waals surface area (Å²) in [4.78, 5) is 23.1. The van der Waals surface area contributed by atoms with Crippen LogP contribution in [0.15, 0.2) is 12.1 Å². The zero-order valence-corrected chi connectivity index (χ0v) is 10.5. The van der Waals surface area contributed by atoms with Crippen molar-refractivity contribution >= 4 is 11.6 Å². The Morgan fingerprint density at radius 3 is 2.22 bits per heavy atom. The minimum absolute atomic E-state index is 0.0832. The number of hydrogen-bond donors (Lipinski definition) is 3. The average molecular weight is 252 g/mol. The fraction of sp³-hybridized carbons (Fsp3) is 0.385. The third kappa shape index (κ3) is 3.07. The standard InChI is InChI=1S/C13H16O5/c1-7(14)11-9(15)5-4-8(12(11)17)10(16)6-13(2,3)18/h4-5,15,17-18H,6H2,1-3H3. The minimum atomic E-state index is -1.21. The second kappa shape index (κ2) is 4.78. The smallest absolute Gasteiger partial charge is 0.169 e. The Kier molecular flexibility index (Phi) is 3.76. The molecule has 1 rings (SSSR count). The average Bonchev–Trinajstić information content (AvgIpc) is 2.13. The second-order valence-corrected chi connectivity index (χ2v) is 4.82. The van der Waals surface area contributed by atoms with Crippen molar-refractivity contribution in [2.24, 2.45) is 0 Å². The fourth-order valence-electron chi connectivity index (χ4n) is 1.64. The van der Waals surface area contributed by atoms with E-state index in [1.54, 1.807) is 0 Å². The van der Waals surface area contributed by atoms with E-state index in [-0.39, 0.29) is 23.3 Å². The van der Waals surface area contributed by atoms with Gasteiger partial charge >= 0.3 is 0 Å². The van der Waals surface area contributed by atoms with Gasteiger partial charge in [0.25, 0.3) is 0 Å². The number of hydrogen-bond acceptors (Lipinski definition) is 5. The Balaban J connectivity index is 3.24. The highest BCUT2D eigenvalue weighted by molar-refractivity contribution is 6.06. The number of aliphatic hydroxyl groups is 1. The van der Waals surface area contributed by atoms with E-state index in [1.165, 1.54) is 32.9 Å². The predicted octanol–water partition coefficient (Wildman–Crippen LogP) is 1.64. The summed E-state index contributed by atoms with van der Waals surface area (Å²) in [6, 6.07) is 2.40. The molecule has 0 heterocycles. The summed E-state index contributed by atoms with van der Waals surface area (Å²) in [5.41, 5.74) is -1.57. The maximum absolute atomic E-state index is 11.9. The molecule has 1 aromatic carbocycles. The predicted molar refractivity (Wildman–Crippen MR) is 65.0 cm³/mol. The van der Waals surface area contributed by atoms with Crippen LogP contribution >= 0.6 is 0 Å². The molecule has 0 radical (unpaired) electrons. The van der Waals surface area contributed by atoms with E-state index < -0.39 is 22.9 Å². The zero-order chi connectivity index (χ0) is 14.1. The first-order chi connectivity index (χ1) is 8.13. The normalized spacial score (nSPS) is 11.3. The molecule has 0 spiro atoms. The van der Waals surface area contributed by atoms with Crippen molar-refractivity contribution in [3.05, 3.63) is 23.3 Å². The fourth-order valence-corrected chi connectivity index (χ4v) is 1.64. The van der Waals surface area contributed by atoms with Crippen LogP contribution in [-0.2, 0) is 0 Å². The quantitative estimate of drug-likeness (QED) is 0.708. The highest BCUT2D eigenvalue weighted by Gasteiger charge is 2.24. The lowest BCUT2D eigenvalue weighted by Crippen LogP contribution is -2.23. The van der Waals surface area contributed by atoms with E-state index in [9.17, 15) is 24.9 Å². The molecule has 0 saturated carbocycles. The van der Waals surface area contributed by atoms with E-state index in [4.69, 9.17) is 0 Å². The lowest BCUT2D eigenvalue weighted by molar-refractivity contribution is 0.0586. The summed E-state index contributed by atoms with van der Waals surface area (Å²) in [6.45, 7) is 4.11. The van der Waals surface area contributed by atoms with Crippen LogP contribution < -0.4 is 0 Å². The first kappa shape index (κ1) is 14.2. The number of benzene rings is 1. The van der Waals surface area contributed by atoms with Gasteiger partial charge in [-0.05, 0) is 32.9 Å². The van der Waals surface area contributed by atoms with Crippen LogP contribution in [0.2, 0.25) is 0 Å². The summed E-state index contributed by atoms with van der Waals surface area (Å²) >= 11 is 0. The van der Waals surface area contributed by atoms with Gasteiger partial charge in [0.05, 0.1) is 11.2 Å². The molecule has 18 heavy (non-hydrogen) atoms. The van der Waals surface area contributed by atoms with Crippen molar-refractivity contribution < 1.29 is 24.9 Å². The van der Waals surface area contributed by atoms with Gasteiger partial charge in [-0.1, -0.05) is 0 Å².